The normalized spacial score (nSPS) is 21.9. The van der Waals surface area contributed by atoms with Crippen molar-refractivity contribution in [1.29, 1.82) is 0 Å². The Kier molecular flexibility index (Phi) is 4.07. The highest BCUT2D eigenvalue weighted by Gasteiger charge is 2.42. The highest BCUT2D eigenvalue weighted by Crippen LogP contribution is 2.45. The Morgan fingerprint density at radius 2 is 2.15 bits per heavy atom. The zero-order valence-corrected chi connectivity index (χ0v) is 9.86. The zero-order valence-electron chi connectivity index (χ0n) is 9.05. The summed E-state index contributed by atoms with van der Waals surface area (Å²) in [6.45, 7) is 4.34. The summed E-state index contributed by atoms with van der Waals surface area (Å²) in [5.74, 6) is 1.22. The molecule has 1 atom stereocenters. The van der Waals surface area contributed by atoms with Gasteiger partial charge in [0.2, 0.25) is 0 Å². The summed E-state index contributed by atoms with van der Waals surface area (Å²) in [6, 6.07) is 0.680. The topological polar surface area (TPSA) is 29.3 Å². The number of nitrogens with zero attached hydrogens (tertiary/aromatic N) is 1. The van der Waals surface area contributed by atoms with Crippen LogP contribution in [-0.4, -0.2) is 43.1 Å². The van der Waals surface area contributed by atoms with Crippen LogP contribution < -0.4 is 5.73 Å². The van der Waals surface area contributed by atoms with Crippen molar-refractivity contribution in [3.05, 3.63) is 0 Å². The van der Waals surface area contributed by atoms with Gasteiger partial charge in [0.1, 0.15) is 0 Å². The number of hydrogen-bond acceptors (Lipinski definition) is 3. The summed E-state index contributed by atoms with van der Waals surface area (Å²) in [7, 11) is 2.22. The smallest absolute Gasteiger partial charge is 0.0155 e. The molecule has 0 heterocycles. The van der Waals surface area contributed by atoms with Crippen LogP contribution in [0.3, 0.4) is 0 Å². The molecule has 0 spiro atoms. The van der Waals surface area contributed by atoms with E-state index in [9.17, 15) is 0 Å². The summed E-state index contributed by atoms with van der Waals surface area (Å²) in [4.78, 5) is 2.45. The van der Waals surface area contributed by atoms with Crippen LogP contribution in [0.1, 0.15) is 19.8 Å². The van der Waals surface area contributed by atoms with Gasteiger partial charge in [0.05, 0.1) is 0 Å². The monoisotopic (exact) mass is 202 g/mol. The minimum absolute atomic E-state index is 0.488. The Hall–Kier alpha value is 0.270. The van der Waals surface area contributed by atoms with Crippen molar-refractivity contribution >= 4 is 11.8 Å². The quantitative estimate of drug-likeness (QED) is 0.706. The number of thioether (sulfide) groups is 1. The lowest BCUT2D eigenvalue weighted by Crippen LogP contribution is -2.38. The van der Waals surface area contributed by atoms with Crippen molar-refractivity contribution in [2.75, 3.05) is 32.1 Å². The van der Waals surface area contributed by atoms with E-state index in [-0.39, 0.29) is 0 Å². The molecule has 13 heavy (non-hydrogen) atoms. The van der Waals surface area contributed by atoms with E-state index < -0.39 is 0 Å². The molecule has 3 heteroatoms. The van der Waals surface area contributed by atoms with E-state index in [1.54, 1.807) is 0 Å². The molecule has 0 aromatic heterocycles. The first-order valence-electron chi connectivity index (χ1n) is 5.03. The molecule has 0 amide bonds. The first-order valence-corrected chi connectivity index (χ1v) is 6.42. The van der Waals surface area contributed by atoms with Crippen LogP contribution in [0.5, 0.6) is 0 Å². The Morgan fingerprint density at radius 1 is 1.54 bits per heavy atom. The van der Waals surface area contributed by atoms with E-state index in [1.807, 2.05) is 11.8 Å². The summed E-state index contributed by atoms with van der Waals surface area (Å²) in [5.41, 5.74) is 6.25. The fourth-order valence-electron chi connectivity index (χ4n) is 1.66. The average molecular weight is 202 g/mol. The molecule has 1 unspecified atom stereocenters. The fraction of sp³-hybridized carbons (Fsp3) is 1.00. The van der Waals surface area contributed by atoms with E-state index in [4.69, 9.17) is 5.73 Å². The van der Waals surface area contributed by atoms with Crippen molar-refractivity contribution < 1.29 is 0 Å². The Morgan fingerprint density at radius 3 is 2.54 bits per heavy atom. The zero-order chi connectivity index (χ0) is 9.90. The van der Waals surface area contributed by atoms with Gasteiger partial charge in [0.15, 0.2) is 0 Å². The first-order chi connectivity index (χ1) is 6.13. The Labute approximate surface area is 86.2 Å². The maximum absolute atomic E-state index is 5.76. The van der Waals surface area contributed by atoms with Gasteiger partial charge in [-0.25, -0.2) is 0 Å². The van der Waals surface area contributed by atoms with Gasteiger partial charge in [0, 0.05) is 18.3 Å². The van der Waals surface area contributed by atoms with Crippen molar-refractivity contribution in [2.24, 2.45) is 11.1 Å². The van der Waals surface area contributed by atoms with Gasteiger partial charge in [-0.1, -0.05) is 0 Å². The third-order valence-electron chi connectivity index (χ3n) is 3.14. The van der Waals surface area contributed by atoms with Crippen LogP contribution in [0.15, 0.2) is 0 Å². The van der Waals surface area contributed by atoms with Crippen LogP contribution >= 0.6 is 11.8 Å². The van der Waals surface area contributed by atoms with Crippen molar-refractivity contribution in [1.82, 2.24) is 4.90 Å². The molecule has 0 aromatic carbocycles. The molecule has 2 nitrogen and oxygen atoms in total. The van der Waals surface area contributed by atoms with E-state index in [2.05, 4.69) is 25.1 Å². The van der Waals surface area contributed by atoms with Crippen LogP contribution in [0, 0.1) is 5.41 Å². The van der Waals surface area contributed by atoms with E-state index in [0.29, 0.717) is 11.5 Å². The van der Waals surface area contributed by atoms with Crippen LogP contribution in [0.25, 0.3) is 0 Å². The molecule has 0 aliphatic heterocycles. The molecule has 0 aromatic rings. The molecule has 0 bridgehead atoms. The standard InChI is InChI=1S/C10H22N2S/c1-9(6-13-3)12(2)8-10(7-11)4-5-10/h9H,4-8,11H2,1-3H3. The molecule has 0 radical (unpaired) electrons. The maximum Gasteiger partial charge on any atom is 0.0155 e. The largest absolute Gasteiger partial charge is 0.330 e. The van der Waals surface area contributed by atoms with Crippen LogP contribution in [-0.2, 0) is 0 Å². The number of nitrogens with two attached hydrogens (primary N) is 1. The van der Waals surface area contributed by atoms with Crippen LogP contribution in [0.2, 0.25) is 0 Å². The molecule has 1 fully saturated rings. The molecule has 2 N–H and O–H groups in total. The lowest BCUT2D eigenvalue weighted by Gasteiger charge is -2.28. The minimum atomic E-state index is 0.488. The van der Waals surface area contributed by atoms with Gasteiger partial charge in [-0.2, -0.15) is 11.8 Å². The lowest BCUT2D eigenvalue weighted by atomic mass is 10.1. The molecular formula is C10H22N2S. The lowest BCUT2D eigenvalue weighted by molar-refractivity contribution is 0.224. The van der Waals surface area contributed by atoms with Gasteiger partial charge in [-0.3, -0.25) is 0 Å². The highest BCUT2D eigenvalue weighted by atomic mass is 32.2. The summed E-state index contributed by atoms with van der Waals surface area (Å²) in [5, 5.41) is 0. The van der Waals surface area contributed by atoms with Gasteiger partial charge in [-0.15, -0.1) is 0 Å². The molecule has 1 saturated carbocycles. The van der Waals surface area contributed by atoms with Crippen molar-refractivity contribution in [2.45, 2.75) is 25.8 Å². The highest BCUT2D eigenvalue weighted by molar-refractivity contribution is 7.98. The van der Waals surface area contributed by atoms with Crippen LogP contribution in [0.4, 0.5) is 0 Å². The second-order valence-corrected chi connectivity index (χ2v) is 5.33. The number of rotatable bonds is 6. The SMILES string of the molecule is CSCC(C)N(C)CC1(CN)CC1. The van der Waals surface area contributed by atoms with E-state index in [1.165, 1.54) is 25.1 Å². The fourth-order valence-corrected chi connectivity index (χ4v) is 2.39. The first kappa shape index (κ1) is 11.3. The summed E-state index contributed by atoms with van der Waals surface area (Å²) in [6.07, 6.45) is 4.83. The van der Waals surface area contributed by atoms with Gasteiger partial charge >= 0.3 is 0 Å². The van der Waals surface area contributed by atoms with Gasteiger partial charge < -0.3 is 10.6 Å². The second-order valence-electron chi connectivity index (χ2n) is 4.42. The minimum Gasteiger partial charge on any atom is -0.330 e. The molecule has 1 rings (SSSR count). The van der Waals surface area contributed by atoms with Gasteiger partial charge in [0.25, 0.3) is 0 Å². The van der Waals surface area contributed by atoms with E-state index in [0.717, 1.165) is 6.54 Å². The second kappa shape index (κ2) is 4.67. The van der Waals surface area contributed by atoms with Crippen molar-refractivity contribution in [3.63, 3.8) is 0 Å². The molecule has 78 valence electrons. The molecule has 1 aliphatic rings. The van der Waals surface area contributed by atoms with Gasteiger partial charge in [-0.05, 0) is 45.0 Å². The summed E-state index contributed by atoms with van der Waals surface area (Å²) < 4.78 is 0. The Balaban J connectivity index is 2.27. The molecule has 0 saturated heterocycles. The van der Waals surface area contributed by atoms with Crippen molar-refractivity contribution in [3.8, 4) is 0 Å². The Bertz CT molecular complexity index is 157. The number of hydrogen-bond donors (Lipinski definition) is 1. The predicted molar refractivity (Wildman–Crippen MR) is 61.2 cm³/mol. The van der Waals surface area contributed by atoms with E-state index >= 15 is 0 Å². The summed E-state index contributed by atoms with van der Waals surface area (Å²) >= 11 is 1.92. The average Bonchev–Trinajstić information content (AvgIpc) is 2.86. The molecule has 1 aliphatic carbocycles. The predicted octanol–water partition coefficient (Wildman–Crippen LogP) is 1.41. The third-order valence-corrected chi connectivity index (χ3v) is 3.95. The molecular weight excluding hydrogens is 180 g/mol. The maximum atomic E-state index is 5.76. The third kappa shape index (κ3) is 3.15.